The summed E-state index contributed by atoms with van der Waals surface area (Å²) in [4.78, 5) is 8.80. The van der Waals surface area contributed by atoms with Crippen LogP contribution >= 0.6 is 0 Å². The van der Waals surface area contributed by atoms with Crippen molar-refractivity contribution in [3.8, 4) is 22.5 Å². The van der Waals surface area contributed by atoms with Gasteiger partial charge in [-0.15, -0.1) is 0 Å². The molecule has 1 aromatic carbocycles. The molecule has 0 amide bonds. The van der Waals surface area contributed by atoms with E-state index in [2.05, 4.69) is 33.5 Å². The summed E-state index contributed by atoms with van der Waals surface area (Å²) in [5, 5.41) is 3.14. The minimum Gasteiger partial charge on any atom is -0.388 e. The SMILES string of the molecule is CNc1cccc(-c2ccc(-c3ccccn3)nc2)c1. The number of aromatic nitrogens is 2. The van der Waals surface area contributed by atoms with Gasteiger partial charge in [0.2, 0.25) is 0 Å². The Kier molecular flexibility index (Phi) is 3.42. The Morgan fingerprint density at radius 1 is 0.800 bits per heavy atom. The van der Waals surface area contributed by atoms with Gasteiger partial charge in [-0.3, -0.25) is 9.97 Å². The third-order valence-corrected chi connectivity index (χ3v) is 3.18. The van der Waals surface area contributed by atoms with Gasteiger partial charge in [-0.25, -0.2) is 0 Å². The first-order chi connectivity index (χ1) is 9.86. The van der Waals surface area contributed by atoms with Crippen molar-refractivity contribution >= 4 is 5.69 Å². The Morgan fingerprint density at radius 2 is 1.70 bits per heavy atom. The second kappa shape index (κ2) is 5.53. The number of hydrogen-bond donors (Lipinski definition) is 1. The van der Waals surface area contributed by atoms with Crippen LogP contribution in [-0.2, 0) is 0 Å². The summed E-state index contributed by atoms with van der Waals surface area (Å²) in [7, 11) is 1.92. The zero-order chi connectivity index (χ0) is 13.8. The van der Waals surface area contributed by atoms with Crippen LogP contribution < -0.4 is 5.32 Å². The van der Waals surface area contributed by atoms with Gasteiger partial charge in [0.15, 0.2) is 0 Å². The lowest BCUT2D eigenvalue weighted by molar-refractivity contribution is 1.25. The summed E-state index contributed by atoms with van der Waals surface area (Å²) in [5.74, 6) is 0. The highest BCUT2D eigenvalue weighted by molar-refractivity contribution is 5.69. The first-order valence-electron chi connectivity index (χ1n) is 6.52. The quantitative estimate of drug-likeness (QED) is 0.778. The minimum atomic E-state index is 0.888. The first kappa shape index (κ1) is 12.4. The Labute approximate surface area is 118 Å². The Hall–Kier alpha value is -2.68. The van der Waals surface area contributed by atoms with E-state index in [4.69, 9.17) is 0 Å². The molecule has 0 radical (unpaired) electrons. The van der Waals surface area contributed by atoms with Crippen LogP contribution in [-0.4, -0.2) is 17.0 Å². The number of nitrogens with one attached hydrogen (secondary N) is 1. The molecule has 98 valence electrons. The maximum absolute atomic E-state index is 4.50. The van der Waals surface area contributed by atoms with Gasteiger partial charge < -0.3 is 5.32 Å². The van der Waals surface area contributed by atoms with Crippen molar-refractivity contribution in [1.29, 1.82) is 0 Å². The van der Waals surface area contributed by atoms with E-state index in [1.165, 1.54) is 0 Å². The highest BCUT2D eigenvalue weighted by Gasteiger charge is 2.02. The number of anilines is 1. The molecule has 3 rings (SSSR count). The highest BCUT2D eigenvalue weighted by atomic mass is 14.8. The van der Waals surface area contributed by atoms with Crippen LogP contribution in [0.3, 0.4) is 0 Å². The van der Waals surface area contributed by atoms with Crippen LogP contribution in [0.25, 0.3) is 22.5 Å². The fourth-order valence-corrected chi connectivity index (χ4v) is 2.08. The summed E-state index contributed by atoms with van der Waals surface area (Å²) in [6.45, 7) is 0. The molecule has 2 aromatic heterocycles. The van der Waals surface area contributed by atoms with E-state index in [1.807, 2.05) is 49.6 Å². The predicted molar refractivity (Wildman–Crippen MR) is 82.5 cm³/mol. The molecule has 0 aliphatic carbocycles. The van der Waals surface area contributed by atoms with Crippen molar-refractivity contribution in [1.82, 2.24) is 9.97 Å². The van der Waals surface area contributed by atoms with Gasteiger partial charge in [-0.1, -0.05) is 24.3 Å². The fraction of sp³-hybridized carbons (Fsp3) is 0.0588. The van der Waals surface area contributed by atoms with Crippen LogP contribution in [0.2, 0.25) is 0 Å². The summed E-state index contributed by atoms with van der Waals surface area (Å²) in [6, 6.07) is 18.2. The van der Waals surface area contributed by atoms with Crippen molar-refractivity contribution in [3.05, 3.63) is 67.0 Å². The van der Waals surface area contributed by atoms with Crippen molar-refractivity contribution in [3.63, 3.8) is 0 Å². The largest absolute Gasteiger partial charge is 0.388 e. The van der Waals surface area contributed by atoms with Crippen molar-refractivity contribution in [2.45, 2.75) is 0 Å². The van der Waals surface area contributed by atoms with Crippen LogP contribution in [0.4, 0.5) is 5.69 Å². The van der Waals surface area contributed by atoms with Gasteiger partial charge >= 0.3 is 0 Å². The maximum atomic E-state index is 4.50. The van der Waals surface area contributed by atoms with Crippen LogP contribution in [0.15, 0.2) is 67.0 Å². The predicted octanol–water partition coefficient (Wildman–Crippen LogP) is 3.85. The lowest BCUT2D eigenvalue weighted by Gasteiger charge is -2.06. The molecular weight excluding hydrogens is 246 g/mol. The molecule has 0 bridgehead atoms. The van der Waals surface area contributed by atoms with E-state index in [9.17, 15) is 0 Å². The average molecular weight is 261 g/mol. The molecule has 0 fully saturated rings. The molecule has 3 heteroatoms. The zero-order valence-electron chi connectivity index (χ0n) is 11.2. The summed E-state index contributed by atoms with van der Waals surface area (Å²) < 4.78 is 0. The minimum absolute atomic E-state index is 0.888. The normalized spacial score (nSPS) is 10.2. The summed E-state index contributed by atoms with van der Waals surface area (Å²) in [6.07, 6.45) is 3.67. The van der Waals surface area contributed by atoms with Crippen molar-refractivity contribution in [2.24, 2.45) is 0 Å². The molecule has 0 spiro atoms. The topological polar surface area (TPSA) is 37.8 Å². The average Bonchev–Trinajstić information content (AvgIpc) is 2.56. The monoisotopic (exact) mass is 261 g/mol. The van der Waals surface area contributed by atoms with Gasteiger partial charge in [-0.2, -0.15) is 0 Å². The van der Waals surface area contributed by atoms with Crippen LogP contribution in [0.5, 0.6) is 0 Å². The molecule has 0 aliphatic heterocycles. The van der Waals surface area contributed by atoms with E-state index in [0.29, 0.717) is 0 Å². The number of benzene rings is 1. The molecule has 1 N–H and O–H groups in total. The highest BCUT2D eigenvalue weighted by Crippen LogP contribution is 2.23. The second-order valence-electron chi connectivity index (χ2n) is 4.48. The van der Waals surface area contributed by atoms with Gasteiger partial charge in [0.05, 0.1) is 11.4 Å². The molecular formula is C17H15N3. The van der Waals surface area contributed by atoms with Gasteiger partial charge in [0.25, 0.3) is 0 Å². The maximum Gasteiger partial charge on any atom is 0.0886 e. The molecule has 3 aromatic rings. The molecule has 0 aliphatic rings. The Morgan fingerprint density at radius 3 is 2.40 bits per heavy atom. The van der Waals surface area contributed by atoms with Crippen molar-refractivity contribution < 1.29 is 0 Å². The number of rotatable bonds is 3. The second-order valence-corrected chi connectivity index (χ2v) is 4.48. The summed E-state index contributed by atoms with van der Waals surface area (Å²) >= 11 is 0. The third kappa shape index (κ3) is 2.52. The van der Waals surface area contributed by atoms with Crippen molar-refractivity contribution in [2.75, 3.05) is 12.4 Å². The molecule has 0 saturated carbocycles. The van der Waals surface area contributed by atoms with E-state index < -0.39 is 0 Å². The number of pyridine rings is 2. The third-order valence-electron chi connectivity index (χ3n) is 3.18. The smallest absolute Gasteiger partial charge is 0.0886 e. The number of nitrogens with zero attached hydrogens (tertiary/aromatic N) is 2. The number of hydrogen-bond acceptors (Lipinski definition) is 3. The molecule has 0 unspecified atom stereocenters. The lowest BCUT2D eigenvalue weighted by atomic mass is 10.1. The van der Waals surface area contributed by atoms with Gasteiger partial charge in [0.1, 0.15) is 0 Å². The fourth-order valence-electron chi connectivity index (χ4n) is 2.08. The van der Waals surface area contributed by atoms with Crippen LogP contribution in [0.1, 0.15) is 0 Å². The van der Waals surface area contributed by atoms with Gasteiger partial charge in [-0.05, 0) is 35.9 Å². The Balaban J connectivity index is 1.93. The molecule has 20 heavy (non-hydrogen) atoms. The van der Waals surface area contributed by atoms with E-state index >= 15 is 0 Å². The van der Waals surface area contributed by atoms with E-state index in [-0.39, 0.29) is 0 Å². The lowest BCUT2D eigenvalue weighted by Crippen LogP contribution is -1.89. The standard InChI is InChI=1S/C17H15N3/c1-18-15-6-4-5-13(11-15)14-8-9-17(20-12-14)16-7-2-3-10-19-16/h2-12,18H,1H3. The Bertz CT molecular complexity index is 691. The zero-order valence-corrected chi connectivity index (χ0v) is 11.2. The summed E-state index contributed by atoms with van der Waals surface area (Å²) in [5.41, 5.74) is 5.12. The molecule has 2 heterocycles. The molecule has 0 saturated heterocycles. The van der Waals surface area contributed by atoms with E-state index in [1.54, 1.807) is 6.20 Å². The first-order valence-corrected chi connectivity index (χ1v) is 6.52. The van der Waals surface area contributed by atoms with Crippen LogP contribution in [0, 0.1) is 0 Å². The van der Waals surface area contributed by atoms with E-state index in [0.717, 1.165) is 28.2 Å². The van der Waals surface area contributed by atoms with Gasteiger partial charge in [0, 0.05) is 30.7 Å². The molecule has 3 nitrogen and oxygen atoms in total. The molecule has 0 atom stereocenters.